The minimum absolute atomic E-state index is 0.0134. The van der Waals surface area contributed by atoms with E-state index in [-0.39, 0.29) is 11.4 Å². The number of halogens is 1. The molecule has 2 nitrogen and oxygen atoms in total. The van der Waals surface area contributed by atoms with Gasteiger partial charge in [0.15, 0.2) is 0 Å². The molecule has 0 fully saturated rings. The molecule has 0 bridgehead atoms. The summed E-state index contributed by atoms with van der Waals surface area (Å²) in [4.78, 5) is 12.7. The van der Waals surface area contributed by atoms with Crippen molar-refractivity contribution in [2.45, 2.75) is 24.3 Å². The first-order valence-electron chi connectivity index (χ1n) is 5.08. The van der Waals surface area contributed by atoms with Crippen LogP contribution in [-0.4, -0.2) is 23.1 Å². The molecular weight excluding hydrogens is 242 g/mol. The van der Waals surface area contributed by atoms with E-state index in [9.17, 15) is 4.79 Å². The molecule has 0 saturated heterocycles. The average Bonchev–Trinajstić information content (AvgIpc) is 2.27. The van der Waals surface area contributed by atoms with Gasteiger partial charge in [0, 0.05) is 16.3 Å². The summed E-state index contributed by atoms with van der Waals surface area (Å²) in [6, 6.07) is 9.86. The third-order valence-corrected chi connectivity index (χ3v) is 3.61. The number of carbonyl (C=O) groups is 1. The van der Waals surface area contributed by atoms with E-state index >= 15 is 0 Å². The zero-order chi connectivity index (χ0) is 12.0. The van der Waals surface area contributed by atoms with Crippen molar-refractivity contribution in [2.75, 3.05) is 11.6 Å². The maximum atomic E-state index is 11.6. The fourth-order valence-corrected chi connectivity index (χ4v) is 1.90. The largest absolute Gasteiger partial charge is 0.349 e. The normalized spacial score (nSPS) is 11.2. The van der Waals surface area contributed by atoms with Crippen LogP contribution in [0.1, 0.15) is 13.8 Å². The first-order chi connectivity index (χ1) is 7.53. The summed E-state index contributed by atoms with van der Waals surface area (Å²) < 4.78 is 0. The highest BCUT2D eigenvalue weighted by Crippen LogP contribution is 2.16. The molecule has 0 aliphatic heterocycles. The summed E-state index contributed by atoms with van der Waals surface area (Å²) >= 11 is 7.26. The van der Waals surface area contributed by atoms with Crippen LogP contribution >= 0.6 is 23.4 Å². The van der Waals surface area contributed by atoms with Gasteiger partial charge in [-0.2, -0.15) is 0 Å². The number of hydrogen-bond acceptors (Lipinski definition) is 2. The van der Waals surface area contributed by atoms with Crippen LogP contribution in [0.25, 0.3) is 0 Å². The van der Waals surface area contributed by atoms with Crippen LogP contribution in [-0.2, 0) is 4.79 Å². The quantitative estimate of drug-likeness (QED) is 0.649. The molecule has 0 aromatic heterocycles. The Kier molecular flexibility index (Phi) is 5.16. The van der Waals surface area contributed by atoms with E-state index < -0.39 is 0 Å². The van der Waals surface area contributed by atoms with Crippen molar-refractivity contribution in [3.05, 3.63) is 30.3 Å². The SMILES string of the molecule is CC(C)(CCl)NC(=O)CSc1ccccc1. The third-order valence-electron chi connectivity index (χ3n) is 1.93. The van der Waals surface area contributed by atoms with E-state index in [2.05, 4.69) is 5.32 Å². The summed E-state index contributed by atoms with van der Waals surface area (Å²) in [5, 5.41) is 2.88. The molecule has 1 rings (SSSR count). The van der Waals surface area contributed by atoms with E-state index in [1.807, 2.05) is 44.2 Å². The summed E-state index contributed by atoms with van der Waals surface area (Å²) in [7, 11) is 0. The topological polar surface area (TPSA) is 29.1 Å². The van der Waals surface area contributed by atoms with E-state index in [1.54, 1.807) is 0 Å². The summed E-state index contributed by atoms with van der Waals surface area (Å²) in [6.45, 7) is 3.82. The van der Waals surface area contributed by atoms with E-state index in [4.69, 9.17) is 11.6 Å². The Morgan fingerprint density at radius 1 is 1.38 bits per heavy atom. The van der Waals surface area contributed by atoms with Crippen LogP contribution in [0.3, 0.4) is 0 Å². The van der Waals surface area contributed by atoms with Crippen LogP contribution < -0.4 is 5.32 Å². The number of hydrogen-bond donors (Lipinski definition) is 1. The molecule has 0 aliphatic rings. The number of rotatable bonds is 5. The Balaban J connectivity index is 2.36. The number of thioether (sulfide) groups is 1. The Morgan fingerprint density at radius 2 is 2.00 bits per heavy atom. The molecule has 1 amide bonds. The minimum Gasteiger partial charge on any atom is -0.349 e. The summed E-state index contributed by atoms with van der Waals surface area (Å²) in [6.07, 6.45) is 0. The predicted octanol–water partition coefficient (Wildman–Crippen LogP) is 2.91. The van der Waals surface area contributed by atoms with Gasteiger partial charge in [-0.15, -0.1) is 23.4 Å². The van der Waals surface area contributed by atoms with Crippen LogP contribution in [0.5, 0.6) is 0 Å². The van der Waals surface area contributed by atoms with E-state index in [1.165, 1.54) is 11.8 Å². The van der Waals surface area contributed by atoms with Crippen molar-refractivity contribution in [1.29, 1.82) is 0 Å². The van der Waals surface area contributed by atoms with Gasteiger partial charge in [-0.05, 0) is 26.0 Å². The van der Waals surface area contributed by atoms with E-state index in [0.717, 1.165) is 4.90 Å². The molecule has 4 heteroatoms. The maximum Gasteiger partial charge on any atom is 0.230 e. The second-order valence-electron chi connectivity index (χ2n) is 4.17. The highest BCUT2D eigenvalue weighted by atomic mass is 35.5. The lowest BCUT2D eigenvalue weighted by Gasteiger charge is -2.23. The Labute approximate surface area is 106 Å². The number of amides is 1. The van der Waals surface area contributed by atoms with Gasteiger partial charge in [0.25, 0.3) is 0 Å². The summed E-state index contributed by atoms with van der Waals surface area (Å²) in [5.41, 5.74) is -0.337. The van der Waals surface area contributed by atoms with Gasteiger partial charge in [0.2, 0.25) is 5.91 Å². The first-order valence-corrected chi connectivity index (χ1v) is 6.60. The molecule has 0 atom stereocenters. The van der Waals surface area contributed by atoms with Crippen LogP contribution in [0, 0.1) is 0 Å². The van der Waals surface area contributed by atoms with Gasteiger partial charge in [0.1, 0.15) is 0 Å². The van der Waals surface area contributed by atoms with Crippen LogP contribution in [0.4, 0.5) is 0 Å². The molecule has 0 saturated carbocycles. The van der Waals surface area contributed by atoms with Gasteiger partial charge in [-0.1, -0.05) is 18.2 Å². The lowest BCUT2D eigenvalue weighted by molar-refractivity contribution is -0.119. The highest BCUT2D eigenvalue weighted by Gasteiger charge is 2.18. The zero-order valence-corrected chi connectivity index (χ0v) is 11.1. The molecule has 1 aromatic carbocycles. The molecule has 0 radical (unpaired) electrons. The monoisotopic (exact) mass is 257 g/mol. The Bertz CT molecular complexity index is 340. The highest BCUT2D eigenvalue weighted by molar-refractivity contribution is 8.00. The van der Waals surface area contributed by atoms with Crippen molar-refractivity contribution in [3.63, 3.8) is 0 Å². The number of carbonyl (C=O) groups excluding carboxylic acids is 1. The van der Waals surface area contributed by atoms with Crippen molar-refractivity contribution in [2.24, 2.45) is 0 Å². The van der Waals surface area contributed by atoms with Crippen LogP contribution in [0.2, 0.25) is 0 Å². The molecule has 1 N–H and O–H groups in total. The predicted molar refractivity (Wildman–Crippen MR) is 70.1 cm³/mol. The molecule has 0 heterocycles. The van der Waals surface area contributed by atoms with Crippen molar-refractivity contribution in [1.82, 2.24) is 5.32 Å². The molecule has 0 spiro atoms. The first kappa shape index (κ1) is 13.4. The van der Waals surface area contributed by atoms with Crippen molar-refractivity contribution in [3.8, 4) is 0 Å². The fourth-order valence-electron chi connectivity index (χ4n) is 1.11. The van der Waals surface area contributed by atoms with Crippen LogP contribution in [0.15, 0.2) is 35.2 Å². The molecule has 88 valence electrons. The fraction of sp³-hybridized carbons (Fsp3) is 0.417. The van der Waals surface area contributed by atoms with Gasteiger partial charge < -0.3 is 5.32 Å². The zero-order valence-electron chi connectivity index (χ0n) is 9.50. The Hall–Kier alpha value is -0.670. The molecule has 1 aromatic rings. The maximum absolute atomic E-state index is 11.6. The molecular formula is C12H16ClNOS. The third kappa shape index (κ3) is 4.90. The molecule has 0 unspecified atom stereocenters. The molecule has 0 aliphatic carbocycles. The van der Waals surface area contributed by atoms with E-state index in [0.29, 0.717) is 11.6 Å². The van der Waals surface area contributed by atoms with Crippen molar-refractivity contribution >= 4 is 29.3 Å². The Morgan fingerprint density at radius 3 is 2.56 bits per heavy atom. The minimum atomic E-state index is -0.337. The van der Waals surface area contributed by atoms with Crippen molar-refractivity contribution < 1.29 is 4.79 Å². The van der Waals surface area contributed by atoms with Gasteiger partial charge in [-0.3, -0.25) is 4.79 Å². The van der Waals surface area contributed by atoms with Gasteiger partial charge in [-0.25, -0.2) is 0 Å². The van der Waals surface area contributed by atoms with Gasteiger partial charge >= 0.3 is 0 Å². The van der Waals surface area contributed by atoms with Gasteiger partial charge in [0.05, 0.1) is 5.75 Å². The smallest absolute Gasteiger partial charge is 0.230 e. The lowest BCUT2D eigenvalue weighted by Crippen LogP contribution is -2.45. The number of benzene rings is 1. The lowest BCUT2D eigenvalue weighted by atomic mass is 10.1. The molecule has 16 heavy (non-hydrogen) atoms. The summed E-state index contributed by atoms with van der Waals surface area (Å²) in [5.74, 6) is 0.846. The standard InChI is InChI=1S/C12H16ClNOS/c1-12(2,9-13)14-11(15)8-16-10-6-4-3-5-7-10/h3-7H,8-9H2,1-2H3,(H,14,15). The number of nitrogens with one attached hydrogen (secondary N) is 1. The second-order valence-corrected chi connectivity index (χ2v) is 5.48. The number of alkyl halides is 1. The average molecular weight is 258 g/mol. The second kappa shape index (κ2) is 6.16.